The van der Waals surface area contributed by atoms with Gasteiger partial charge < -0.3 is 20.4 Å². The van der Waals surface area contributed by atoms with Crippen molar-refractivity contribution in [2.24, 2.45) is 0 Å². The van der Waals surface area contributed by atoms with Gasteiger partial charge in [-0.15, -0.1) is 0 Å². The molecule has 2 unspecified atom stereocenters. The van der Waals surface area contributed by atoms with Gasteiger partial charge in [-0.05, 0) is 74.5 Å². The van der Waals surface area contributed by atoms with E-state index in [2.05, 4.69) is 15.3 Å². The largest absolute Gasteiger partial charge is 0.508 e. The summed E-state index contributed by atoms with van der Waals surface area (Å²) >= 11 is 0. The maximum Gasteiger partial charge on any atom is 0.121 e. The third-order valence-electron chi connectivity index (χ3n) is 5.39. The second-order valence-electron chi connectivity index (χ2n) is 7.93. The van der Waals surface area contributed by atoms with Crippen LogP contribution in [-0.4, -0.2) is 30.4 Å². The van der Waals surface area contributed by atoms with E-state index >= 15 is 0 Å². The molecular formula is C26H25N3O4. The molecule has 0 aliphatic rings. The number of benzene rings is 2. The third-order valence-corrected chi connectivity index (χ3v) is 5.39. The molecule has 0 spiro atoms. The Morgan fingerprint density at radius 3 is 1.42 bits per heavy atom. The number of aryl methyl sites for hydroxylation is 2. The zero-order valence-corrected chi connectivity index (χ0v) is 18.3. The first kappa shape index (κ1) is 22.1. The molecule has 2 aromatic carbocycles. The molecule has 0 radical (unpaired) electrons. The van der Waals surface area contributed by atoms with E-state index in [4.69, 9.17) is 0 Å². The maximum atomic E-state index is 10.6. The van der Waals surface area contributed by atoms with Crippen molar-refractivity contribution in [1.82, 2.24) is 15.3 Å². The van der Waals surface area contributed by atoms with Gasteiger partial charge in [0.05, 0.1) is 23.5 Å². The molecule has 0 amide bonds. The molecule has 7 heteroatoms. The highest BCUT2D eigenvalue weighted by molar-refractivity contribution is 5.47. The van der Waals surface area contributed by atoms with Gasteiger partial charge in [-0.3, -0.25) is 15.3 Å². The standard InChI is InChI=1S/C26H25N3O4/c1-15-5-3-7-21(27-15)25(19-13-17(30)9-11-23(19)32)29-26(22-8-4-6-16(2)28-22)20-14-18(31)10-12-24(20)33/h3-14,25-26,29-33H,1-2H3. The van der Waals surface area contributed by atoms with Crippen LogP contribution >= 0.6 is 0 Å². The van der Waals surface area contributed by atoms with Crippen molar-refractivity contribution < 1.29 is 20.4 Å². The van der Waals surface area contributed by atoms with Gasteiger partial charge >= 0.3 is 0 Å². The van der Waals surface area contributed by atoms with Crippen LogP contribution in [0.2, 0.25) is 0 Å². The molecule has 4 rings (SSSR count). The smallest absolute Gasteiger partial charge is 0.121 e. The second kappa shape index (κ2) is 9.18. The van der Waals surface area contributed by atoms with Crippen LogP contribution in [0, 0.1) is 13.8 Å². The lowest BCUT2D eigenvalue weighted by molar-refractivity contribution is 0.424. The van der Waals surface area contributed by atoms with Crippen LogP contribution in [0.1, 0.15) is 46.0 Å². The van der Waals surface area contributed by atoms with Crippen molar-refractivity contribution >= 4 is 0 Å². The summed E-state index contributed by atoms with van der Waals surface area (Å²) in [5.41, 5.74) is 3.59. The van der Waals surface area contributed by atoms with Gasteiger partial charge in [-0.1, -0.05) is 12.1 Å². The Kier molecular flexibility index (Phi) is 6.15. The fourth-order valence-corrected chi connectivity index (χ4v) is 3.83. The number of hydrogen-bond acceptors (Lipinski definition) is 7. The van der Waals surface area contributed by atoms with E-state index in [9.17, 15) is 20.4 Å². The minimum absolute atomic E-state index is 0.00677. The van der Waals surface area contributed by atoms with Crippen molar-refractivity contribution in [2.75, 3.05) is 0 Å². The molecule has 2 heterocycles. The Labute approximate surface area is 191 Å². The van der Waals surface area contributed by atoms with Crippen LogP contribution in [0.3, 0.4) is 0 Å². The Balaban J connectivity index is 1.90. The van der Waals surface area contributed by atoms with E-state index in [0.717, 1.165) is 11.4 Å². The summed E-state index contributed by atoms with van der Waals surface area (Å²) in [6.07, 6.45) is 0. The lowest BCUT2D eigenvalue weighted by Gasteiger charge is -2.27. The molecule has 2 atom stereocenters. The average molecular weight is 444 g/mol. The highest BCUT2D eigenvalue weighted by atomic mass is 16.3. The van der Waals surface area contributed by atoms with E-state index in [-0.39, 0.29) is 23.0 Å². The van der Waals surface area contributed by atoms with E-state index in [0.29, 0.717) is 22.5 Å². The number of phenols is 4. The second-order valence-corrected chi connectivity index (χ2v) is 7.93. The quantitative estimate of drug-likeness (QED) is 0.281. The molecule has 0 fully saturated rings. The molecule has 0 saturated carbocycles. The van der Waals surface area contributed by atoms with Crippen molar-refractivity contribution in [3.63, 3.8) is 0 Å². The lowest BCUT2D eigenvalue weighted by Crippen LogP contribution is -2.30. The van der Waals surface area contributed by atoms with Crippen LogP contribution in [0.4, 0.5) is 0 Å². The van der Waals surface area contributed by atoms with Crippen molar-refractivity contribution in [2.45, 2.75) is 25.9 Å². The molecule has 33 heavy (non-hydrogen) atoms. The van der Waals surface area contributed by atoms with Gasteiger partial charge in [0.15, 0.2) is 0 Å². The van der Waals surface area contributed by atoms with E-state index in [1.165, 1.54) is 36.4 Å². The van der Waals surface area contributed by atoms with Gasteiger partial charge in [-0.2, -0.15) is 0 Å². The molecule has 0 bridgehead atoms. The highest BCUT2D eigenvalue weighted by Gasteiger charge is 2.28. The summed E-state index contributed by atoms with van der Waals surface area (Å²) in [6.45, 7) is 3.73. The van der Waals surface area contributed by atoms with E-state index in [1.807, 2.05) is 50.2 Å². The van der Waals surface area contributed by atoms with E-state index < -0.39 is 12.1 Å². The molecule has 0 aliphatic carbocycles. The van der Waals surface area contributed by atoms with Crippen LogP contribution in [0.15, 0.2) is 72.8 Å². The summed E-state index contributed by atoms with van der Waals surface area (Å²) in [7, 11) is 0. The highest BCUT2D eigenvalue weighted by Crippen LogP contribution is 2.37. The zero-order chi connectivity index (χ0) is 23.5. The van der Waals surface area contributed by atoms with Crippen LogP contribution in [0.5, 0.6) is 23.0 Å². The first-order chi connectivity index (χ1) is 15.8. The topological polar surface area (TPSA) is 119 Å². The van der Waals surface area contributed by atoms with Crippen LogP contribution < -0.4 is 5.32 Å². The molecule has 0 aliphatic heterocycles. The Morgan fingerprint density at radius 2 is 1.03 bits per heavy atom. The summed E-state index contributed by atoms with van der Waals surface area (Å²) in [6, 6.07) is 18.3. The molecule has 2 aromatic heterocycles. The van der Waals surface area contributed by atoms with Crippen molar-refractivity contribution in [3.05, 3.63) is 107 Å². The number of pyridine rings is 2. The monoisotopic (exact) mass is 443 g/mol. The number of phenolic OH excluding ortho intramolecular Hbond substituents is 4. The zero-order valence-electron chi connectivity index (χ0n) is 18.3. The molecule has 168 valence electrons. The fraction of sp³-hybridized carbons (Fsp3) is 0.154. The van der Waals surface area contributed by atoms with Gasteiger partial charge in [0.25, 0.3) is 0 Å². The molecule has 5 N–H and O–H groups in total. The normalized spacial score (nSPS) is 12.9. The predicted octanol–water partition coefficient (Wildman–Crippen LogP) is 4.38. The predicted molar refractivity (Wildman–Crippen MR) is 124 cm³/mol. The third kappa shape index (κ3) is 4.88. The van der Waals surface area contributed by atoms with Gasteiger partial charge in [0.2, 0.25) is 0 Å². The first-order valence-corrected chi connectivity index (χ1v) is 10.5. The minimum atomic E-state index is -0.675. The van der Waals surface area contributed by atoms with Crippen LogP contribution in [-0.2, 0) is 0 Å². The summed E-state index contributed by atoms with van der Waals surface area (Å²) in [5, 5.41) is 45.0. The van der Waals surface area contributed by atoms with Crippen LogP contribution in [0.25, 0.3) is 0 Å². The van der Waals surface area contributed by atoms with Crippen molar-refractivity contribution in [3.8, 4) is 23.0 Å². The van der Waals surface area contributed by atoms with Gasteiger partial charge in [0.1, 0.15) is 23.0 Å². The van der Waals surface area contributed by atoms with Gasteiger partial charge in [-0.25, -0.2) is 0 Å². The number of aromatic nitrogens is 2. The number of nitrogens with one attached hydrogen (secondary N) is 1. The lowest BCUT2D eigenvalue weighted by atomic mass is 9.95. The SMILES string of the molecule is Cc1cccc(C(NC(c2cccc(C)n2)c2cc(O)ccc2O)c2cc(O)ccc2O)n1. The first-order valence-electron chi connectivity index (χ1n) is 10.5. The Hall–Kier alpha value is -4.10. The number of nitrogens with zero attached hydrogens (tertiary/aromatic N) is 2. The number of hydrogen-bond donors (Lipinski definition) is 5. The summed E-state index contributed by atoms with van der Waals surface area (Å²) in [4.78, 5) is 9.26. The van der Waals surface area contributed by atoms with Crippen molar-refractivity contribution in [1.29, 1.82) is 0 Å². The average Bonchev–Trinajstić information content (AvgIpc) is 2.78. The van der Waals surface area contributed by atoms with E-state index in [1.54, 1.807) is 0 Å². The molecule has 7 nitrogen and oxygen atoms in total. The van der Waals surface area contributed by atoms with Gasteiger partial charge in [0, 0.05) is 22.5 Å². The number of aromatic hydroxyl groups is 4. The number of rotatable bonds is 6. The fourth-order valence-electron chi connectivity index (χ4n) is 3.83. The Morgan fingerprint density at radius 1 is 0.606 bits per heavy atom. The maximum absolute atomic E-state index is 10.6. The summed E-state index contributed by atoms with van der Waals surface area (Å²) < 4.78 is 0. The Bertz CT molecular complexity index is 1190. The molecule has 0 saturated heterocycles. The minimum Gasteiger partial charge on any atom is -0.508 e. The summed E-state index contributed by atoms with van der Waals surface area (Å²) in [5.74, 6) is -0.0604. The molecule has 4 aromatic rings. The molecular weight excluding hydrogens is 418 g/mol.